The lowest BCUT2D eigenvalue weighted by molar-refractivity contribution is -0.172. The van der Waals surface area contributed by atoms with E-state index in [0.717, 1.165) is 12.1 Å². The summed E-state index contributed by atoms with van der Waals surface area (Å²) in [5, 5.41) is 27.7. The minimum Gasteiger partial charge on any atom is -0.494 e. The molecule has 5 heterocycles. The van der Waals surface area contributed by atoms with Crippen LogP contribution in [0.1, 0.15) is 25.9 Å². The standard InChI is InChI=1S/C30H33F3N8O7S/c1-14-23(12-47-15(2)42)48-30(28(45-4)26(14)41-9-20(36-39-41)16-5-18(31)25(33)19(32)6-16)49-24-13-46-11-22(27(24)43)40-10-21(37-38-40)29-34-7-17(44-3)8-35-29/h5-10,14,22-24,26-28,30,43H,11-13H2,1-4H3. The number of aromatic nitrogens is 8. The van der Waals surface area contributed by atoms with E-state index in [4.69, 9.17) is 23.7 Å². The van der Waals surface area contributed by atoms with E-state index in [1.165, 1.54) is 60.9 Å². The van der Waals surface area contributed by atoms with Crippen LogP contribution >= 0.6 is 11.8 Å². The molecule has 4 aromatic rings. The molecule has 0 aliphatic carbocycles. The van der Waals surface area contributed by atoms with Gasteiger partial charge in [-0.2, -0.15) is 0 Å². The Kier molecular flexibility index (Phi) is 10.4. The van der Waals surface area contributed by atoms with E-state index in [9.17, 15) is 23.1 Å². The number of rotatable bonds is 10. The summed E-state index contributed by atoms with van der Waals surface area (Å²) < 4.78 is 73.3. The van der Waals surface area contributed by atoms with E-state index in [-0.39, 0.29) is 37.0 Å². The number of methoxy groups -OCH3 is 2. The molecule has 6 rings (SSSR count). The smallest absolute Gasteiger partial charge is 0.302 e. The molecule has 2 aliphatic heterocycles. The van der Waals surface area contributed by atoms with Crippen molar-refractivity contribution in [1.29, 1.82) is 0 Å². The molecule has 19 heteroatoms. The highest BCUT2D eigenvalue weighted by molar-refractivity contribution is 8.00. The Labute approximate surface area is 282 Å². The van der Waals surface area contributed by atoms with Gasteiger partial charge in [0.25, 0.3) is 0 Å². The highest BCUT2D eigenvalue weighted by Gasteiger charge is 2.49. The van der Waals surface area contributed by atoms with Crippen molar-refractivity contribution in [3.05, 3.63) is 54.4 Å². The molecule has 15 nitrogen and oxygen atoms in total. The van der Waals surface area contributed by atoms with Gasteiger partial charge in [0.05, 0.1) is 68.6 Å². The SMILES string of the molecule is COc1cnc(-c2cn(C3COCC(SC4OC(COC(C)=O)C(C)C(n5cc(-c6cc(F)c(F)c(F)c6)nn5)C4OC)C3O)nn2)nc1. The highest BCUT2D eigenvalue weighted by Crippen LogP contribution is 2.43. The first kappa shape index (κ1) is 34.7. The molecule has 2 aliphatic rings. The molecule has 0 spiro atoms. The predicted octanol–water partition coefficient (Wildman–Crippen LogP) is 2.63. The van der Waals surface area contributed by atoms with E-state index < -0.39 is 64.5 Å². The van der Waals surface area contributed by atoms with Crippen molar-refractivity contribution in [3.63, 3.8) is 0 Å². The third-order valence-electron chi connectivity index (χ3n) is 8.46. The lowest BCUT2D eigenvalue weighted by Gasteiger charge is -2.46. The van der Waals surface area contributed by atoms with Crippen molar-refractivity contribution < 1.29 is 46.8 Å². The minimum atomic E-state index is -1.59. The molecule has 8 atom stereocenters. The zero-order chi connectivity index (χ0) is 34.8. The fourth-order valence-corrected chi connectivity index (χ4v) is 7.32. The predicted molar refractivity (Wildman–Crippen MR) is 164 cm³/mol. The van der Waals surface area contributed by atoms with Crippen LogP contribution in [0.15, 0.2) is 36.9 Å². The van der Waals surface area contributed by atoms with Crippen LogP contribution in [0.25, 0.3) is 22.8 Å². The van der Waals surface area contributed by atoms with E-state index in [2.05, 4.69) is 30.6 Å². The quantitative estimate of drug-likeness (QED) is 0.189. The molecular formula is C30H33F3N8O7S. The van der Waals surface area contributed by atoms with E-state index >= 15 is 0 Å². The number of carbonyl (C=O) groups excluding carboxylic acids is 1. The van der Waals surface area contributed by atoms with Crippen LogP contribution in [0.2, 0.25) is 0 Å². The number of carbonyl (C=O) groups is 1. The van der Waals surface area contributed by atoms with Crippen LogP contribution in [0.4, 0.5) is 13.2 Å². The number of halogens is 3. The summed E-state index contributed by atoms with van der Waals surface area (Å²) >= 11 is 1.27. The molecule has 3 aromatic heterocycles. The fraction of sp³-hybridized carbons (Fsp3) is 0.500. The third kappa shape index (κ3) is 7.25. The number of thioether (sulfide) groups is 1. The van der Waals surface area contributed by atoms with Crippen LogP contribution in [0, 0.1) is 23.4 Å². The first-order valence-corrected chi connectivity index (χ1v) is 16.1. The second kappa shape index (κ2) is 14.8. The summed E-state index contributed by atoms with van der Waals surface area (Å²) in [6, 6.07) is 0.461. The molecule has 262 valence electrons. The zero-order valence-electron chi connectivity index (χ0n) is 26.7. The maximum atomic E-state index is 14.0. The Morgan fingerprint density at radius 3 is 2.39 bits per heavy atom. The third-order valence-corrected chi connectivity index (χ3v) is 9.87. The van der Waals surface area contributed by atoms with Gasteiger partial charge in [-0.3, -0.25) is 4.79 Å². The van der Waals surface area contributed by atoms with Gasteiger partial charge >= 0.3 is 5.97 Å². The van der Waals surface area contributed by atoms with E-state index in [1.807, 2.05) is 6.92 Å². The number of esters is 1. The number of hydrogen-bond donors (Lipinski definition) is 1. The maximum Gasteiger partial charge on any atom is 0.302 e. The molecule has 0 radical (unpaired) electrons. The van der Waals surface area contributed by atoms with Crippen LogP contribution < -0.4 is 4.74 Å². The summed E-state index contributed by atoms with van der Waals surface area (Å²) in [5.74, 6) is -4.38. The van der Waals surface area contributed by atoms with Gasteiger partial charge in [-0.05, 0) is 12.1 Å². The first-order valence-electron chi connectivity index (χ1n) is 15.2. The average molecular weight is 707 g/mol. The number of aliphatic hydroxyl groups excluding tert-OH is 1. The Morgan fingerprint density at radius 2 is 1.71 bits per heavy atom. The lowest BCUT2D eigenvalue weighted by Crippen LogP contribution is -2.54. The van der Waals surface area contributed by atoms with Gasteiger partial charge in [0.2, 0.25) is 0 Å². The van der Waals surface area contributed by atoms with Gasteiger partial charge in [-0.1, -0.05) is 17.4 Å². The lowest BCUT2D eigenvalue weighted by atomic mass is 9.89. The van der Waals surface area contributed by atoms with Crippen molar-refractivity contribution in [2.75, 3.05) is 34.0 Å². The van der Waals surface area contributed by atoms with Gasteiger partial charge in [0, 0.05) is 25.5 Å². The Morgan fingerprint density at radius 1 is 1.04 bits per heavy atom. The second-order valence-electron chi connectivity index (χ2n) is 11.5. The molecular weight excluding hydrogens is 673 g/mol. The first-order chi connectivity index (χ1) is 23.6. The summed E-state index contributed by atoms with van der Waals surface area (Å²) in [7, 11) is 3.00. The minimum absolute atomic E-state index is 0.0120. The van der Waals surface area contributed by atoms with Gasteiger partial charge in [-0.15, -0.1) is 22.0 Å². The van der Waals surface area contributed by atoms with Gasteiger partial charge in [-0.25, -0.2) is 32.5 Å². The van der Waals surface area contributed by atoms with Crippen molar-refractivity contribution in [2.24, 2.45) is 5.92 Å². The molecule has 1 N–H and O–H groups in total. The monoisotopic (exact) mass is 706 g/mol. The number of hydrogen-bond acceptors (Lipinski definition) is 14. The van der Waals surface area contributed by atoms with Crippen molar-refractivity contribution in [3.8, 4) is 28.5 Å². The molecule has 0 bridgehead atoms. The molecule has 8 unspecified atom stereocenters. The van der Waals surface area contributed by atoms with Crippen molar-refractivity contribution in [2.45, 2.75) is 54.9 Å². The summed E-state index contributed by atoms with van der Waals surface area (Å²) in [4.78, 5) is 20.2. The van der Waals surface area contributed by atoms with Gasteiger partial charge in [0.15, 0.2) is 29.0 Å². The number of aliphatic hydroxyl groups is 1. The van der Waals surface area contributed by atoms with Crippen molar-refractivity contribution >= 4 is 17.7 Å². The molecule has 2 saturated heterocycles. The van der Waals surface area contributed by atoms with Crippen molar-refractivity contribution in [1.82, 2.24) is 40.0 Å². The van der Waals surface area contributed by atoms with Crippen LogP contribution in [0.3, 0.4) is 0 Å². The molecule has 2 fully saturated rings. The molecule has 49 heavy (non-hydrogen) atoms. The molecule has 1 aromatic carbocycles. The van der Waals surface area contributed by atoms with E-state index in [0.29, 0.717) is 17.3 Å². The Hall–Kier alpha value is -4.17. The second-order valence-corrected chi connectivity index (χ2v) is 12.9. The normalized spacial score (nSPS) is 27.2. The van der Waals surface area contributed by atoms with Crippen LogP contribution in [-0.4, -0.2) is 114 Å². The number of ether oxygens (including phenoxy) is 5. The maximum absolute atomic E-state index is 14.0. The Balaban J connectivity index is 1.24. The fourth-order valence-electron chi connectivity index (χ4n) is 5.82. The Bertz CT molecular complexity index is 1740. The zero-order valence-corrected chi connectivity index (χ0v) is 27.5. The van der Waals surface area contributed by atoms with Gasteiger partial charge < -0.3 is 28.8 Å². The number of benzene rings is 1. The highest BCUT2D eigenvalue weighted by atomic mass is 32.2. The number of nitrogens with zero attached hydrogens (tertiary/aromatic N) is 8. The van der Waals surface area contributed by atoms with E-state index in [1.54, 1.807) is 6.20 Å². The summed E-state index contributed by atoms with van der Waals surface area (Å²) in [6.07, 6.45) is 3.78. The van der Waals surface area contributed by atoms with Crippen LogP contribution in [0.5, 0.6) is 5.75 Å². The van der Waals surface area contributed by atoms with Gasteiger partial charge in [0.1, 0.15) is 35.6 Å². The topological polar surface area (TPSA) is 171 Å². The van der Waals surface area contributed by atoms with Crippen LogP contribution in [-0.2, 0) is 23.7 Å². The largest absolute Gasteiger partial charge is 0.494 e. The molecule has 0 saturated carbocycles. The summed E-state index contributed by atoms with van der Waals surface area (Å²) in [6.45, 7) is 3.38. The summed E-state index contributed by atoms with van der Waals surface area (Å²) in [5.41, 5.74) is -0.274. The average Bonchev–Trinajstić information content (AvgIpc) is 3.79. The molecule has 0 amide bonds.